The van der Waals surface area contributed by atoms with Gasteiger partial charge < -0.3 is 25.7 Å². The Morgan fingerprint density at radius 3 is 2.45 bits per heavy atom. The van der Waals surface area contributed by atoms with Crippen LogP contribution in [0.1, 0.15) is 56.4 Å². The van der Waals surface area contributed by atoms with Gasteiger partial charge in [-0.2, -0.15) is 0 Å². The van der Waals surface area contributed by atoms with Crippen molar-refractivity contribution in [2.24, 2.45) is 11.8 Å². The molecule has 0 aromatic carbocycles. The minimum absolute atomic E-state index is 0.129. The van der Waals surface area contributed by atoms with Crippen LogP contribution in [0.25, 0.3) is 0 Å². The van der Waals surface area contributed by atoms with Crippen molar-refractivity contribution in [3.8, 4) is 0 Å². The second kappa shape index (κ2) is 9.30. The van der Waals surface area contributed by atoms with Crippen LogP contribution in [0, 0.1) is 11.8 Å². The first-order valence-electron chi connectivity index (χ1n) is 10.4. The fraction of sp³-hybridized carbons (Fsp3) is 0.619. The van der Waals surface area contributed by atoms with E-state index in [2.05, 4.69) is 20.9 Å². The minimum Gasteiger partial charge on any atom is -0.467 e. The molecular weight excluding hydrogens is 424 g/mol. The van der Waals surface area contributed by atoms with E-state index in [4.69, 9.17) is 16.3 Å². The summed E-state index contributed by atoms with van der Waals surface area (Å²) in [4.78, 5) is 52.9. The highest BCUT2D eigenvalue weighted by molar-refractivity contribution is 6.31. The third-order valence-corrected chi connectivity index (χ3v) is 5.91. The molecule has 10 heteroatoms. The molecule has 9 nitrogen and oxygen atoms in total. The molecule has 0 spiro atoms. The Bertz CT molecular complexity index is 864. The summed E-state index contributed by atoms with van der Waals surface area (Å²) in [6.45, 7) is 3.81. The normalized spacial score (nSPS) is 21.7. The van der Waals surface area contributed by atoms with Crippen LogP contribution in [0.5, 0.6) is 0 Å². The van der Waals surface area contributed by atoms with Crippen molar-refractivity contribution >= 4 is 35.3 Å². The summed E-state index contributed by atoms with van der Waals surface area (Å²) in [5.41, 5.74) is -0.125. The van der Waals surface area contributed by atoms with Gasteiger partial charge in [0.15, 0.2) is 0 Å². The highest BCUT2D eigenvalue weighted by Gasteiger charge is 2.41. The Morgan fingerprint density at radius 2 is 1.94 bits per heavy atom. The van der Waals surface area contributed by atoms with E-state index in [0.717, 1.165) is 12.8 Å². The maximum absolute atomic E-state index is 13.0. The van der Waals surface area contributed by atoms with Crippen LogP contribution in [0.15, 0.2) is 12.3 Å². The van der Waals surface area contributed by atoms with Crippen LogP contribution in [0.3, 0.4) is 0 Å². The number of ether oxygens (including phenoxy) is 1. The van der Waals surface area contributed by atoms with Gasteiger partial charge in [0.1, 0.15) is 17.8 Å². The average Bonchev–Trinajstić information content (AvgIpc) is 3.34. The van der Waals surface area contributed by atoms with E-state index in [1.807, 2.05) is 13.8 Å². The summed E-state index contributed by atoms with van der Waals surface area (Å²) in [5, 5.41) is 8.69. The van der Waals surface area contributed by atoms with Crippen LogP contribution in [0.2, 0.25) is 5.02 Å². The quantitative estimate of drug-likeness (QED) is 0.422. The molecule has 2 heterocycles. The number of aromatic amines is 1. The molecule has 3 rings (SSSR count). The number of esters is 1. The lowest BCUT2D eigenvalue weighted by Crippen LogP contribution is -2.52. The van der Waals surface area contributed by atoms with Crippen molar-refractivity contribution in [1.82, 2.24) is 20.9 Å². The van der Waals surface area contributed by atoms with Crippen molar-refractivity contribution < 1.29 is 23.9 Å². The fourth-order valence-corrected chi connectivity index (χ4v) is 4.12. The molecule has 1 aromatic heterocycles. The fourth-order valence-electron chi connectivity index (χ4n) is 3.95. The number of carbonyl (C=O) groups excluding carboxylic acids is 4. The zero-order chi connectivity index (χ0) is 22.8. The van der Waals surface area contributed by atoms with Gasteiger partial charge in [-0.05, 0) is 45.1 Å². The van der Waals surface area contributed by atoms with Gasteiger partial charge in [0.05, 0.1) is 12.1 Å². The maximum Gasteiger partial charge on any atom is 0.328 e. The molecule has 1 aliphatic carbocycles. The molecule has 4 N–H and O–H groups in total. The molecule has 1 aromatic rings. The summed E-state index contributed by atoms with van der Waals surface area (Å²) < 4.78 is 4.84. The predicted octanol–water partition coefficient (Wildman–Crippen LogP) is 1.53. The zero-order valence-corrected chi connectivity index (χ0v) is 18.7. The van der Waals surface area contributed by atoms with Crippen LogP contribution >= 0.6 is 11.6 Å². The van der Waals surface area contributed by atoms with E-state index >= 15 is 0 Å². The van der Waals surface area contributed by atoms with Crippen LogP contribution in [-0.4, -0.2) is 53.4 Å². The van der Waals surface area contributed by atoms with Gasteiger partial charge in [0, 0.05) is 17.7 Å². The maximum atomic E-state index is 13.0. The summed E-state index contributed by atoms with van der Waals surface area (Å²) in [5.74, 6) is -1.79. The zero-order valence-electron chi connectivity index (χ0n) is 17.9. The summed E-state index contributed by atoms with van der Waals surface area (Å²) in [6, 6.07) is -0.329. The van der Waals surface area contributed by atoms with Crippen molar-refractivity contribution in [1.29, 1.82) is 0 Å². The van der Waals surface area contributed by atoms with Crippen molar-refractivity contribution in [2.45, 2.75) is 63.6 Å². The van der Waals surface area contributed by atoms with E-state index in [1.165, 1.54) is 19.4 Å². The molecule has 1 saturated heterocycles. The molecule has 170 valence electrons. The van der Waals surface area contributed by atoms with Gasteiger partial charge in [-0.25, -0.2) is 4.79 Å². The summed E-state index contributed by atoms with van der Waals surface area (Å²) >= 11 is 5.86. The van der Waals surface area contributed by atoms with Crippen molar-refractivity contribution in [3.63, 3.8) is 0 Å². The van der Waals surface area contributed by atoms with Crippen molar-refractivity contribution in [3.05, 3.63) is 23.0 Å². The van der Waals surface area contributed by atoms with Gasteiger partial charge in [-0.3, -0.25) is 14.4 Å². The Hall–Kier alpha value is -2.55. The number of hydrogen-bond acceptors (Lipinski definition) is 5. The van der Waals surface area contributed by atoms with Gasteiger partial charge in [0.2, 0.25) is 11.8 Å². The number of halogens is 1. The molecule has 1 aliphatic heterocycles. The Balaban J connectivity index is 1.68. The standard InChI is InChI=1S/C21H29ClN4O5/c1-21(2)9-12(17(27)26-21)7-16(20(30)31-3)25-19(29)15(6-11-4-5-11)24-18(28)14-8-13(22)10-23-14/h8,10-12,15-16,23H,4-7,9H2,1-3H3,(H,24,28)(H,25,29)(H,26,27)/t12-,15?,16?/m1/s1. The number of amides is 3. The van der Waals surface area contributed by atoms with Gasteiger partial charge in [0.25, 0.3) is 5.91 Å². The first-order valence-corrected chi connectivity index (χ1v) is 10.8. The number of rotatable bonds is 9. The first-order chi connectivity index (χ1) is 14.6. The molecular formula is C21H29ClN4O5. The molecule has 2 aliphatic rings. The number of hydrogen-bond donors (Lipinski definition) is 4. The average molecular weight is 453 g/mol. The van der Waals surface area contributed by atoms with E-state index in [0.29, 0.717) is 23.8 Å². The SMILES string of the molecule is COC(=O)C(C[C@@H]1CC(C)(C)NC1=O)NC(=O)C(CC1CC1)NC(=O)c1cc(Cl)c[nH]1. The van der Waals surface area contributed by atoms with E-state index in [9.17, 15) is 19.2 Å². The van der Waals surface area contributed by atoms with Gasteiger partial charge in [-0.1, -0.05) is 24.4 Å². The lowest BCUT2D eigenvalue weighted by Gasteiger charge is -2.23. The summed E-state index contributed by atoms with van der Waals surface area (Å²) in [6.07, 6.45) is 4.61. The van der Waals surface area contributed by atoms with E-state index < -0.39 is 35.8 Å². The topological polar surface area (TPSA) is 129 Å². The Kier molecular flexibility index (Phi) is 6.93. The number of aromatic nitrogens is 1. The largest absolute Gasteiger partial charge is 0.467 e. The van der Waals surface area contributed by atoms with Gasteiger partial charge in [-0.15, -0.1) is 0 Å². The number of H-pyrrole nitrogens is 1. The van der Waals surface area contributed by atoms with Crippen LogP contribution < -0.4 is 16.0 Å². The third-order valence-electron chi connectivity index (χ3n) is 5.69. The minimum atomic E-state index is -0.985. The molecule has 3 atom stereocenters. The number of nitrogens with one attached hydrogen (secondary N) is 4. The van der Waals surface area contributed by atoms with Crippen LogP contribution in [-0.2, 0) is 19.1 Å². The monoisotopic (exact) mass is 452 g/mol. The van der Waals surface area contributed by atoms with Crippen molar-refractivity contribution in [2.75, 3.05) is 7.11 Å². The molecule has 2 unspecified atom stereocenters. The summed E-state index contributed by atoms with van der Waals surface area (Å²) in [7, 11) is 1.23. The number of methoxy groups -OCH3 is 1. The number of carbonyl (C=O) groups is 4. The molecule has 3 amide bonds. The second-order valence-electron chi connectivity index (χ2n) is 9.03. The van der Waals surface area contributed by atoms with Gasteiger partial charge >= 0.3 is 5.97 Å². The lowest BCUT2D eigenvalue weighted by molar-refractivity contribution is -0.146. The van der Waals surface area contributed by atoms with Crippen LogP contribution in [0.4, 0.5) is 0 Å². The lowest BCUT2D eigenvalue weighted by atomic mass is 9.91. The molecule has 1 saturated carbocycles. The molecule has 0 radical (unpaired) electrons. The Labute approximate surface area is 186 Å². The first kappa shape index (κ1) is 23.1. The third kappa shape index (κ3) is 6.22. The van der Waals surface area contributed by atoms with E-state index in [1.54, 1.807) is 0 Å². The predicted molar refractivity (Wildman–Crippen MR) is 113 cm³/mol. The Morgan fingerprint density at radius 1 is 1.23 bits per heavy atom. The van der Waals surface area contributed by atoms with E-state index in [-0.39, 0.29) is 23.6 Å². The molecule has 2 fully saturated rings. The molecule has 0 bridgehead atoms. The highest BCUT2D eigenvalue weighted by Crippen LogP contribution is 2.34. The smallest absolute Gasteiger partial charge is 0.328 e. The highest BCUT2D eigenvalue weighted by atomic mass is 35.5. The second-order valence-corrected chi connectivity index (χ2v) is 9.47. The molecule has 31 heavy (non-hydrogen) atoms.